The van der Waals surface area contributed by atoms with Crippen LogP contribution < -0.4 is 10.6 Å². The van der Waals surface area contributed by atoms with E-state index in [0.29, 0.717) is 6.54 Å². The third-order valence-electron chi connectivity index (χ3n) is 4.08. The number of halogens is 1. The summed E-state index contributed by atoms with van der Waals surface area (Å²) in [6.45, 7) is 6.43. The fourth-order valence-corrected chi connectivity index (χ4v) is 3.71. The lowest BCUT2D eigenvalue weighted by molar-refractivity contribution is 0.801. The number of thiazole rings is 1. The van der Waals surface area contributed by atoms with Crippen molar-refractivity contribution >= 4 is 39.8 Å². The third kappa shape index (κ3) is 4.77. The predicted molar refractivity (Wildman–Crippen MR) is 111 cm³/mol. The molecule has 0 saturated carbocycles. The molecule has 3 aromatic rings. The van der Waals surface area contributed by atoms with E-state index in [0.717, 1.165) is 47.4 Å². The number of rotatable bonds is 7. The third-order valence-corrected chi connectivity index (χ3v) is 5.44. The molecule has 3 N–H and O–H groups in total. The number of aliphatic imine (C=N–C) groups is 1. The minimum atomic E-state index is 0.600. The van der Waals surface area contributed by atoms with Gasteiger partial charge in [-0.3, -0.25) is 0 Å². The van der Waals surface area contributed by atoms with Gasteiger partial charge >= 0.3 is 0 Å². The first-order chi connectivity index (χ1) is 12.7. The SMILES string of the molecule is CCNC(=NCc1ncc(CC)s1)NCCc1c[nH]c2ccc(Cl)cc12. The molecule has 2 heterocycles. The van der Waals surface area contributed by atoms with Gasteiger partial charge in [0, 0.05) is 46.3 Å². The molecule has 0 bridgehead atoms. The molecule has 0 amide bonds. The number of aromatic nitrogens is 2. The van der Waals surface area contributed by atoms with Gasteiger partial charge in [-0.05, 0) is 43.5 Å². The van der Waals surface area contributed by atoms with Crippen molar-refractivity contribution < 1.29 is 0 Å². The number of hydrogen-bond donors (Lipinski definition) is 3. The van der Waals surface area contributed by atoms with Crippen LogP contribution in [0.5, 0.6) is 0 Å². The molecule has 0 radical (unpaired) electrons. The van der Waals surface area contributed by atoms with Crippen LogP contribution in [0.3, 0.4) is 0 Å². The molecular weight excluding hydrogens is 366 g/mol. The zero-order valence-electron chi connectivity index (χ0n) is 15.1. The Bertz CT molecular complexity index is 883. The summed E-state index contributed by atoms with van der Waals surface area (Å²) < 4.78 is 0. The van der Waals surface area contributed by atoms with E-state index in [1.54, 1.807) is 11.3 Å². The summed E-state index contributed by atoms with van der Waals surface area (Å²) >= 11 is 7.85. The van der Waals surface area contributed by atoms with Crippen LogP contribution >= 0.6 is 22.9 Å². The second-order valence-electron chi connectivity index (χ2n) is 5.95. The lowest BCUT2D eigenvalue weighted by Gasteiger charge is -2.10. The van der Waals surface area contributed by atoms with Gasteiger partial charge in [-0.15, -0.1) is 11.3 Å². The van der Waals surface area contributed by atoms with Crippen molar-refractivity contribution in [2.24, 2.45) is 4.99 Å². The molecule has 5 nitrogen and oxygen atoms in total. The molecule has 0 aliphatic carbocycles. The van der Waals surface area contributed by atoms with E-state index in [1.807, 2.05) is 24.4 Å². The monoisotopic (exact) mass is 389 g/mol. The van der Waals surface area contributed by atoms with Crippen LogP contribution in [0.15, 0.2) is 35.6 Å². The highest BCUT2D eigenvalue weighted by Gasteiger charge is 2.05. The number of benzene rings is 1. The minimum absolute atomic E-state index is 0.600. The molecule has 1 aromatic carbocycles. The van der Waals surface area contributed by atoms with Crippen molar-refractivity contribution in [1.82, 2.24) is 20.6 Å². The normalized spacial score (nSPS) is 11.9. The highest BCUT2D eigenvalue weighted by Crippen LogP contribution is 2.22. The first-order valence-electron chi connectivity index (χ1n) is 8.90. The van der Waals surface area contributed by atoms with Crippen LogP contribution in [0.1, 0.15) is 29.3 Å². The summed E-state index contributed by atoms with van der Waals surface area (Å²) in [6, 6.07) is 5.93. The van der Waals surface area contributed by atoms with Crippen LogP contribution in [0.25, 0.3) is 10.9 Å². The van der Waals surface area contributed by atoms with Crippen molar-refractivity contribution in [2.45, 2.75) is 33.2 Å². The van der Waals surface area contributed by atoms with Crippen molar-refractivity contribution in [3.8, 4) is 0 Å². The molecule has 26 heavy (non-hydrogen) atoms. The number of fused-ring (bicyclic) bond motifs is 1. The fraction of sp³-hybridized carbons (Fsp3) is 0.368. The van der Waals surface area contributed by atoms with E-state index in [-0.39, 0.29) is 0 Å². The number of aryl methyl sites for hydroxylation is 1. The summed E-state index contributed by atoms with van der Waals surface area (Å²) in [5.74, 6) is 0.818. The van der Waals surface area contributed by atoms with Gasteiger partial charge in [-0.25, -0.2) is 9.98 Å². The second-order valence-corrected chi connectivity index (χ2v) is 7.59. The Kier molecular flexibility index (Phi) is 6.52. The van der Waals surface area contributed by atoms with Crippen molar-refractivity contribution in [3.63, 3.8) is 0 Å². The van der Waals surface area contributed by atoms with Crippen LogP contribution in [0.2, 0.25) is 5.02 Å². The highest BCUT2D eigenvalue weighted by atomic mass is 35.5. The highest BCUT2D eigenvalue weighted by molar-refractivity contribution is 7.11. The quantitative estimate of drug-likeness (QED) is 0.420. The Labute approximate surface area is 162 Å². The molecule has 0 unspecified atom stereocenters. The molecule has 7 heteroatoms. The fourth-order valence-electron chi connectivity index (χ4n) is 2.75. The summed E-state index contributed by atoms with van der Waals surface area (Å²) in [5.41, 5.74) is 2.36. The molecule has 3 rings (SSSR count). The number of hydrogen-bond acceptors (Lipinski definition) is 3. The molecule has 0 atom stereocenters. The first-order valence-corrected chi connectivity index (χ1v) is 10.1. The van der Waals surface area contributed by atoms with Crippen LogP contribution in [-0.2, 0) is 19.4 Å². The molecular formula is C19H24ClN5S. The maximum absolute atomic E-state index is 6.12. The Hall–Kier alpha value is -2.05. The predicted octanol–water partition coefficient (Wildman–Crippen LogP) is 4.14. The lowest BCUT2D eigenvalue weighted by atomic mass is 10.1. The van der Waals surface area contributed by atoms with Gasteiger partial charge in [0.2, 0.25) is 0 Å². The van der Waals surface area contributed by atoms with Gasteiger partial charge in [-0.1, -0.05) is 18.5 Å². The number of nitrogens with one attached hydrogen (secondary N) is 3. The van der Waals surface area contributed by atoms with E-state index in [9.17, 15) is 0 Å². The van der Waals surface area contributed by atoms with Crippen molar-refractivity contribution in [1.29, 1.82) is 0 Å². The molecule has 0 fully saturated rings. The van der Waals surface area contributed by atoms with Gasteiger partial charge < -0.3 is 15.6 Å². The average molecular weight is 390 g/mol. The Balaban J connectivity index is 1.59. The summed E-state index contributed by atoms with van der Waals surface area (Å²) in [6.07, 6.45) is 5.91. The zero-order valence-corrected chi connectivity index (χ0v) is 16.7. The van der Waals surface area contributed by atoms with Gasteiger partial charge in [-0.2, -0.15) is 0 Å². The Morgan fingerprint density at radius 2 is 2.19 bits per heavy atom. The maximum Gasteiger partial charge on any atom is 0.191 e. The number of aromatic amines is 1. The Morgan fingerprint density at radius 3 is 2.96 bits per heavy atom. The molecule has 0 aliphatic rings. The van der Waals surface area contributed by atoms with Crippen LogP contribution in [0.4, 0.5) is 0 Å². The Morgan fingerprint density at radius 1 is 1.31 bits per heavy atom. The number of nitrogens with zero attached hydrogens (tertiary/aromatic N) is 2. The molecule has 0 spiro atoms. The molecule has 0 aliphatic heterocycles. The van der Waals surface area contributed by atoms with Gasteiger partial charge in [0.15, 0.2) is 5.96 Å². The van der Waals surface area contributed by atoms with Crippen molar-refractivity contribution in [3.05, 3.63) is 51.1 Å². The second kappa shape index (κ2) is 9.05. The minimum Gasteiger partial charge on any atom is -0.361 e. The smallest absolute Gasteiger partial charge is 0.191 e. The van der Waals surface area contributed by atoms with E-state index >= 15 is 0 Å². The van der Waals surface area contributed by atoms with Crippen molar-refractivity contribution in [2.75, 3.05) is 13.1 Å². The summed E-state index contributed by atoms with van der Waals surface area (Å²) in [5, 5.41) is 9.67. The first kappa shape index (κ1) is 18.7. The summed E-state index contributed by atoms with van der Waals surface area (Å²) in [7, 11) is 0. The topological polar surface area (TPSA) is 65.1 Å². The maximum atomic E-state index is 6.12. The zero-order chi connectivity index (χ0) is 18.4. The van der Waals surface area contributed by atoms with Gasteiger partial charge in [0.1, 0.15) is 5.01 Å². The van der Waals surface area contributed by atoms with E-state index in [1.165, 1.54) is 15.8 Å². The molecule has 2 aromatic heterocycles. The number of H-pyrrole nitrogens is 1. The lowest BCUT2D eigenvalue weighted by Crippen LogP contribution is -2.38. The van der Waals surface area contributed by atoms with Gasteiger partial charge in [0.25, 0.3) is 0 Å². The summed E-state index contributed by atoms with van der Waals surface area (Å²) in [4.78, 5) is 13.7. The number of guanidine groups is 1. The van der Waals surface area contributed by atoms with Crippen LogP contribution in [-0.4, -0.2) is 29.0 Å². The van der Waals surface area contributed by atoms with E-state index in [2.05, 4.69) is 45.6 Å². The van der Waals surface area contributed by atoms with Crippen LogP contribution in [0, 0.1) is 0 Å². The van der Waals surface area contributed by atoms with Gasteiger partial charge in [0.05, 0.1) is 6.54 Å². The van der Waals surface area contributed by atoms with E-state index in [4.69, 9.17) is 11.6 Å². The average Bonchev–Trinajstić information content (AvgIpc) is 3.26. The standard InChI is InChI=1S/C19H24ClN5S/c1-3-15-11-24-18(26-15)12-25-19(21-4-2)22-8-7-13-10-23-17-6-5-14(20)9-16(13)17/h5-6,9-11,23H,3-4,7-8,12H2,1-2H3,(H2,21,22,25). The molecule has 138 valence electrons. The largest absolute Gasteiger partial charge is 0.361 e. The molecule has 0 saturated heterocycles. The van der Waals surface area contributed by atoms with E-state index < -0.39 is 0 Å².